The highest BCUT2D eigenvalue weighted by atomic mass is 32.1. The van der Waals surface area contributed by atoms with E-state index in [9.17, 15) is 19.6 Å². The zero-order valence-corrected chi connectivity index (χ0v) is 21.0. The zero-order valence-electron chi connectivity index (χ0n) is 20.2. The number of fused-ring (bicyclic) bond motifs is 2. The van der Waals surface area contributed by atoms with Gasteiger partial charge in [-0.05, 0) is 77.9 Å². The molecule has 1 aliphatic carbocycles. The summed E-state index contributed by atoms with van der Waals surface area (Å²) in [5.74, 6) is -1.95. The molecule has 2 amide bonds. The largest absolute Gasteiger partial charge is 0.423 e. The molecule has 0 radical (unpaired) electrons. The Kier molecular flexibility index (Phi) is 7.24. The van der Waals surface area contributed by atoms with Crippen LogP contribution in [-0.4, -0.2) is 24.0 Å². The summed E-state index contributed by atoms with van der Waals surface area (Å²) in [5.41, 5.74) is 4.70. The summed E-state index contributed by atoms with van der Waals surface area (Å²) in [6.45, 7) is 0. The number of nitriles is 1. The number of hydrogen-bond acceptors (Lipinski definition) is 7. The highest BCUT2D eigenvalue weighted by Crippen LogP contribution is 2.37. The number of carbonyl (C=O) groups excluding carboxylic acids is 3. The van der Waals surface area contributed by atoms with Gasteiger partial charge in [-0.25, -0.2) is 10.2 Å². The molecule has 0 bridgehead atoms. The standard InChI is InChI=1S/C29H22N4O4S/c30-16-24-22-9-3-4-11-25(22)38-28(24)32-26(34)27(35)33-31-17-18-12-14-20(15-13-18)37-29(36)23-10-5-7-19-6-1-2-8-21(19)23/h1-2,5-8,10,12-15,17H,3-4,9,11H2,(H,32,34)(H,33,35)/b31-17-. The summed E-state index contributed by atoms with van der Waals surface area (Å²) in [7, 11) is 0. The van der Waals surface area contributed by atoms with Gasteiger partial charge in [0.1, 0.15) is 16.8 Å². The minimum absolute atomic E-state index is 0.357. The van der Waals surface area contributed by atoms with Gasteiger partial charge in [0, 0.05) is 4.88 Å². The Morgan fingerprint density at radius 1 is 0.947 bits per heavy atom. The Bertz CT molecular complexity index is 1610. The predicted molar refractivity (Wildman–Crippen MR) is 145 cm³/mol. The lowest BCUT2D eigenvalue weighted by molar-refractivity contribution is -0.136. The van der Waals surface area contributed by atoms with Crippen LogP contribution in [0.3, 0.4) is 0 Å². The van der Waals surface area contributed by atoms with Gasteiger partial charge in [0.15, 0.2) is 0 Å². The molecule has 0 aliphatic heterocycles. The highest BCUT2D eigenvalue weighted by molar-refractivity contribution is 7.16. The zero-order chi connectivity index (χ0) is 26.5. The number of carbonyl (C=O) groups is 3. The number of hydrazone groups is 1. The smallest absolute Gasteiger partial charge is 0.344 e. The summed E-state index contributed by atoms with van der Waals surface area (Å²) in [6.07, 6.45) is 5.11. The maximum Gasteiger partial charge on any atom is 0.344 e. The molecule has 1 aromatic heterocycles. The van der Waals surface area contributed by atoms with Crippen LogP contribution < -0.4 is 15.5 Å². The Morgan fingerprint density at radius 3 is 2.53 bits per heavy atom. The van der Waals surface area contributed by atoms with E-state index in [1.165, 1.54) is 17.6 Å². The third-order valence-electron chi connectivity index (χ3n) is 6.20. The monoisotopic (exact) mass is 522 g/mol. The minimum Gasteiger partial charge on any atom is -0.423 e. The summed E-state index contributed by atoms with van der Waals surface area (Å²) in [5, 5.41) is 18.0. The molecule has 2 N–H and O–H groups in total. The van der Waals surface area contributed by atoms with Crippen molar-refractivity contribution in [1.29, 1.82) is 5.26 Å². The topological polar surface area (TPSA) is 121 Å². The maximum absolute atomic E-state index is 12.7. The lowest BCUT2D eigenvalue weighted by atomic mass is 9.96. The molecule has 4 aromatic rings. The van der Waals surface area contributed by atoms with E-state index in [0.717, 1.165) is 46.9 Å². The van der Waals surface area contributed by atoms with Crippen LogP contribution in [0.5, 0.6) is 5.75 Å². The molecule has 8 nitrogen and oxygen atoms in total. The Morgan fingerprint density at radius 2 is 1.71 bits per heavy atom. The molecular formula is C29H22N4O4S. The normalized spacial score (nSPS) is 12.5. The second kappa shape index (κ2) is 11.1. The maximum atomic E-state index is 12.7. The number of hydrogen-bond donors (Lipinski definition) is 2. The van der Waals surface area contributed by atoms with E-state index < -0.39 is 17.8 Å². The molecule has 9 heteroatoms. The SMILES string of the molecule is N#Cc1c(NC(=O)C(=O)N/N=C\c2ccc(OC(=O)c3cccc4ccccc34)cc2)sc2c1CCCC2. The fraction of sp³-hybridized carbons (Fsp3) is 0.138. The van der Waals surface area contributed by atoms with E-state index in [1.54, 1.807) is 30.3 Å². The number of ether oxygens (including phenoxy) is 1. The van der Waals surface area contributed by atoms with E-state index in [1.807, 2.05) is 36.4 Å². The number of nitrogens with zero attached hydrogens (tertiary/aromatic N) is 2. The van der Waals surface area contributed by atoms with E-state index in [4.69, 9.17) is 4.74 Å². The van der Waals surface area contributed by atoms with E-state index in [-0.39, 0.29) is 0 Å². The second-order valence-electron chi connectivity index (χ2n) is 8.67. The molecular weight excluding hydrogens is 500 g/mol. The van der Waals surface area contributed by atoms with Gasteiger partial charge in [-0.2, -0.15) is 10.4 Å². The fourth-order valence-corrected chi connectivity index (χ4v) is 5.57. The number of amides is 2. The first-order valence-electron chi connectivity index (χ1n) is 12.0. The first-order chi connectivity index (χ1) is 18.5. The van der Waals surface area contributed by atoms with Crippen molar-refractivity contribution >= 4 is 51.1 Å². The Hall–Kier alpha value is -4.81. The number of esters is 1. The van der Waals surface area contributed by atoms with Gasteiger partial charge >= 0.3 is 17.8 Å². The number of thiophene rings is 1. The van der Waals surface area contributed by atoms with Crippen molar-refractivity contribution in [3.05, 3.63) is 93.9 Å². The summed E-state index contributed by atoms with van der Waals surface area (Å²) in [4.78, 5) is 38.3. The van der Waals surface area contributed by atoms with Gasteiger partial charge < -0.3 is 10.1 Å². The first-order valence-corrected chi connectivity index (χ1v) is 12.8. The van der Waals surface area contributed by atoms with E-state index in [0.29, 0.717) is 27.4 Å². The average Bonchev–Trinajstić information content (AvgIpc) is 3.30. The third-order valence-corrected chi connectivity index (χ3v) is 7.40. The molecule has 188 valence electrons. The van der Waals surface area contributed by atoms with Crippen molar-refractivity contribution in [3.63, 3.8) is 0 Å². The van der Waals surface area contributed by atoms with Gasteiger partial charge in [0.05, 0.1) is 17.3 Å². The quantitative estimate of drug-likeness (QED) is 0.126. The number of anilines is 1. The molecule has 1 aliphatic rings. The Labute approximate surface area is 222 Å². The number of rotatable bonds is 5. The van der Waals surface area contributed by atoms with Crippen molar-refractivity contribution in [2.24, 2.45) is 5.10 Å². The van der Waals surface area contributed by atoms with Crippen molar-refractivity contribution in [2.75, 3.05) is 5.32 Å². The number of benzene rings is 3. The molecule has 0 spiro atoms. The minimum atomic E-state index is -0.947. The molecule has 0 unspecified atom stereocenters. The van der Waals surface area contributed by atoms with Gasteiger partial charge in [0.2, 0.25) is 0 Å². The van der Waals surface area contributed by atoms with E-state index in [2.05, 4.69) is 21.9 Å². The number of aryl methyl sites for hydroxylation is 1. The molecule has 38 heavy (non-hydrogen) atoms. The molecule has 0 saturated carbocycles. The van der Waals surface area contributed by atoms with Crippen molar-refractivity contribution in [3.8, 4) is 11.8 Å². The van der Waals surface area contributed by atoms with Gasteiger partial charge in [-0.3, -0.25) is 9.59 Å². The van der Waals surface area contributed by atoms with Crippen LogP contribution in [-0.2, 0) is 22.4 Å². The first kappa shape index (κ1) is 24.9. The average molecular weight is 523 g/mol. The molecule has 3 aromatic carbocycles. The van der Waals surface area contributed by atoms with Crippen LogP contribution in [0.2, 0.25) is 0 Å². The van der Waals surface area contributed by atoms with Crippen LogP contribution in [0.1, 0.15) is 44.8 Å². The predicted octanol–water partition coefficient (Wildman–Crippen LogP) is 4.96. The van der Waals surface area contributed by atoms with Crippen LogP contribution in [0, 0.1) is 11.3 Å². The van der Waals surface area contributed by atoms with Crippen molar-refractivity contribution < 1.29 is 19.1 Å². The summed E-state index contributed by atoms with van der Waals surface area (Å²) in [6, 6.07) is 21.7. The lowest BCUT2D eigenvalue weighted by Crippen LogP contribution is -2.32. The lowest BCUT2D eigenvalue weighted by Gasteiger charge is -2.09. The summed E-state index contributed by atoms with van der Waals surface area (Å²) >= 11 is 1.35. The number of nitrogens with one attached hydrogen (secondary N) is 2. The van der Waals surface area contributed by atoms with Gasteiger partial charge in [-0.1, -0.05) is 36.4 Å². The van der Waals surface area contributed by atoms with Crippen LogP contribution in [0.15, 0.2) is 71.8 Å². The van der Waals surface area contributed by atoms with Crippen molar-refractivity contribution in [1.82, 2.24) is 5.43 Å². The van der Waals surface area contributed by atoms with Gasteiger partial charge in [-0.15, -0.1) is 11.3 Å². The van der Waals surface area contributed by atoms with E-state index >= 15 is 0 Å². The highest BCUT2D eigenvalue weighted by Gasteiger charge is 2.23. The third kappa shape index (κ3) is 5.31. The molecule has 0 atom stereocenters. The second-order valence-corrected chi connectivity index (χ2v) is 9.77. The molecule has 1 heterocycles. The molecule has 0 fully saturated rings. The summed E-state index contributed by atoms with van der Waals surface area (Å²) < 4.78 is 5.52. The fourth-order valence-electron chi connectivity index (χ4n) is 4.34. The van der Waals surface area contributed by atoms with Gasteiger partial charge in [0.25, 0.3) is 0 Å². The Balaban J connectivity index is 1.17. The van der Waals surface area contributed by atoms with Crippen LogP contribution in [0.4, 0.5) is 5.00 Å². The van der Waals surface area contributed by atoms with Crippen LogP contribution >= 0.6 is 11.3 Å². The molecule has 5 rings (SSSR count). The molecule has 0 saturated heterocycles. The van der Waals surface area contributed by atoms with Crippen molar-refractivity contribution in [2.45, 2.75) is 25.7 Å². The van der Waals surface area contributed by atoms with Crippen LogP contribution in [0.25, 0.3) is 10.8 Å².